The first kappa shape index (κ1) is 8.47. The molecule has 4 nitrogen and oxygen atoms in total. The normalized spacial score (nSPS) is 15.5. The van der Waals surface area contributed by atoms with Crippen molar-refractivity contribution in [1.29, 1.82) is 0 Å². The van der Waals surface area contributed by atoms with E-state index >= 15 is 0 Å². The summed E-state index contributed by atoms with van der Waals surface area (Å²) in [5.41, 5.74) is 8.30. The lowest BCUT2D eigenvalue weighted by Gasteiger charge is -2.16. The number of fused-ring (bicyclic) bond motifs is 1. The van der Waals surface area contributed by atoms with Crippen LogP contribution < -0.4 is 16.6 Å². The number of rotatable bonds is 1. The molecule has 4 N–H and O–H groups in total. The lowest BCUT2D eigenvalue weighted by Crippen LogP contribution is -2.28. The molecule has 0 saturated carbocycles. The molecule has 0 unspecified atom stereocenters. The second-order valence-electron chi connectivity index (χ2n) is 3.26. The lowest BCUT2D eigenvalue weighted by molar-refractivity contribution is 0.626. The number of aromatic nitrogens is 1. The summed E-state index contributed by atoms with van der Waals surface area (Å²) in [7, 11) is 0. The summed E-state index contributed by atoms with van der Waals surface area (Å²) >= 11 is 0. The van der Waals surface area contributed by atoms with Gasteiger partial charge in [-0.1, -0.05) is 0 Å². The van der Waals surface area contributed by atoms with Crippen LogP contribution in [0.25, 0.3) is 0 Å². The zero-order valence-electron chi connectivity index (χ0n) is 7.39. The zero-order valence-corrected chi connectivity index (χ0v) is 7.39. The molecule has 1 aliphatic rings. The maximum Gasteiger partial charge on any atom is 0.252 e. The van der Waals surface area contributed by atoms with Crippen LogP contribution in [0.2, 0.25) is 0 Å². The van der Waals surface area contributed by atoms with Crippen LogP contribution in [0, 0.1) is 0 Å². The highest BCUT2D eigenvalue weighted by Crippen LogP contribution is 2.09. The smallest absolute Gasteiger partial charge is 0.252 e. The van der Waals surface area contributed by atoms with Crippen molar-refractivity contribution in [1.82, 2.24) is 10.3 Å². The van der Waals surface area contributed by atoms with E-state index in [4.69, 9.17) is 5.73 Å². The van der Waals surface area contributed by atoms with Crippen LogP contribution in [0.4, 0.5) is 0 Å². The molecular weight excluding hydrogens is 166 g/mol. The summed E-state index contributed by atoms with van der Waals surface area (Å²) in [5.74, 6) is 0. The summed E-state index contributed by atoms with van der Waals surface area (Å²) in [6.07, 6.45) is 0.898. The molecule has 2 heterocycles. The second kappa shape index (κ2) is 3.32. The molecule has 0 aliphatic carbocycles. The van der Waals surface area contributed by atoms with E-state index in [1.54, 1.807) is 0 Å². The Morgan fingerprint density at radius 3 is 3.15 bits per heavy atom. The molecule has 13 heavy (non-hydrogen) atoms. The summed E-state index contributed by atoms with van der Waals surface area (Å²) in [6.45, 7) is 2.08. The predicted molar refractivity (Wildman–Crippen MR) is 50.4 cm³/mol. The fraction of sp³-hybridized carbons (Fsp3) is 0.444. The molecule has 0 spiro atoms. The van der Waals surface area contributed by atoms with Crippen molar-refractivity contribution in [2.75, 3.05) is 6.54 Å². The van der Waals surface area contributed by atoms with Gasteiger partial charge in [-0.3, -0.25) is 4.79 Å². The Bertz CT molecular complexity index is 370. The molecule has 0 aromatic carbocycles. The Balaban J connectivity index is 2.51. The van der Waals surface area contributed by atoms with Gasteiger partial charge in [0.15, 0.2) is 0 Å². The van der Waals surface area contributed by atoms with Crippen molar-refractivity contribution in [3.8, 4) is 0 Å². The van der Waals surface area contributed by atoms with Crippen molar-refractivity contribution in [2.45, 2.75) is 19.5 Å². The van der Waals surface area contributed by atoms with Crippen LogP contribution in [-0.4, -0.2) is 11.5 Å². The lowest BCUT2D eigenvalue weighted by atomic mass is 10.1. The monoisotopic (exact) mass is 179 g/mol. The summed E-state index contributed by atoms with van der Waals surface area (Å²) < 4.78 is 0. The Hall–Kier alpha value is -1.13. The average Bonchev–Trinajstić information content (AvgIpc) is 2.17. The van der Waals surface area contributed by atoms with Gasteiger partial charge in [0.2, 0.25) is 0 Å². The topological polar surface area (TPSA) is 70.9 Å². The molecule has 1 aromatic heterocycles. The number of nitrogens with one attached hydrogen (secondary N) is 2. The molecule has 0 fully saturated rings. The number of nitrogens with two attached hydrogens (primary N) is 1. The highest BCUT2D eigenvalue weighted by molar-refractivity contribution is 5.27. The summed E-state index contributed by atoms with van der Waals surface area (Å²) in [5, 5.41) is 3.25. The molecule has 1 aliphatic heterocycles. The third kappa shape index (κ3) is 1.50. The van der Waals surface area contributed by atoms with Gasteiger partial charge in [0.1, 0.15) is 0 Å². The summed E-state index contributed by atoms with van der Waals surface area (Å²) in [6, 6.07) is 1.90. The van der Waals surface area contributed by atoms with E-state index in [1.165, 1.54) is 5.56 Å². The van der Waals surface area contributed by atoms with E-state index in [2.05, 4.69) is 10.3 Å². The van der Waals surface area contributed by atoms with Gasteiger partial charge in [0, 0.05) is 37.3 Å². The maximum atomic E-state index is 11.4. The van der Waals surface area contributed by atoms with Crippen molar-refractivity contribution in [2.24, 2.45) is 5.73 Å². The standard InChI is InChI=1S/C9H13N3O/c10-4-6-3-7-5-11-2-1-8(7)12-9(6)13/h3,11H,1-2,4-5,10H2,(H,12,13). The van der Waals surface area contributed by atoms with Crippen LogP contribution in [0.3, 0.4) is 0 Å². The Labute approximate surface area is 76.2 Å². The van der Waals surface area contributed by atoms with E-state index in [9.17, 15) is 4.79 Å². The zero-order chi connectivity index (χ0) is 9.26. The first-order valence-corrected chi connectivity index (χ1v) is 4.46. The second-order valence-corrected chi connectivity index (χ2v) is 3.26. The minimum atomic E-state index is -0.0387. The molecule has 2 rings (SSSR count). The van der Waals surface area contributed by atoms with Gasteiger partial charge in [-0.25, -0.2) is 0 Å². The van der Waals surface area contributed by atoms with E-state index < -0.39 is 0 Å². The predicted octanol–water partition coefficient (Wildman–Crippen LogP) is -0.521. The van der Waals surface area contributed by atoms with Gasteiger partial charge in [-0.2, -0.15) is 0 Å². The minimum Gasteiger partial charge on any atom is -0.326 e. The average molecular weight is 179 g/mol. The fourth-order valence-electron chi connectivity index (χ4n) is 1.63. The van der Waals surface area contributed by atoms with Crippen molar-refractivity contribution in [3.05, 3.63) is 33.2 Å². The van der Waals surface area contributed by atoms with Gasteiger partial charge in [0.05, 0.1) is 0 Å². The maximum absolute atomic E-state index is 11.4. The first-order valence-electron chi connectivity index (χ1n) is 4.46. The first-order chi connectivity index (χ1) is 6.31. The molecule has 4 heteroatoms. The van der Waals surface area contributed by atoms with Crippen LogP contribution >= 0.6 is 0 Å². The Morgan fingerprint density at radius 1 is 1.54 bits per heavy atom. The molecule has 1 aromatic rings. The Morgan fingerprint density at radius 2 is 2.38 bits per heavy atom. The van der Waals surface area contributed by atoms with E-state index in [0.29, 0.717) is 12.1 Å². The molecule has 0 atom stereocenters. The molecule has 0 saturated heterocycles. The quantitative estimate of drug-likeness (QED) is 0.543. The third-order valence-corrected chi connectivity index (χ3v) is 2.38. The number of hydrogen-bond acceptors (Lipinski definition) is 3. The molecule has 0 radical (unpaired) electrons. The van der Waals surface area contributed by atoms with Gasteiger partial charge >= 0.3 is 0 Å². The highest BCUT2D eigenvalue weighted by atomic mass is 16.1. The van der Waals surface area contributed by atoms with E-state index in [1.807, 2.05) is 6.07 Å². The fourth-order valence-corrected chi connectivity index (χ4v) is 1.63. The molecule has 70 valence electrons. The molecular formula is C9H13N3O. The minimum absolute atomic E-state index is 0.0387. The van der Waals surface area contributed by atoms with Crippen LogP contribution in [0.1, 0.15) is 16.8 Å². The number of pyridine rings is 1. The highest BCUT2D eigenvalue weighted by Gasteiger charge is 2.10. The summed E-state index contributed by atoms with van der Waals surface area (Å²) in [4.78, 5) is 14.2. The number of aromatic amines is 1. The number of H-pyrrole nitrogens is 1. The number of hydrogen-bond donors (Lipinski definition) is 3. The van der Waals surface area contributed by atoms with Crippen molar-refractivity contribution in [3.63, 3.8) is 0 Å². The van der Waals surface area contributed by atoms with Crippen LogP contribution in [0.5, 0.6) is 0 Å². The van der Waals surface area contributed by atoms with Gasteiger partial charge in [0.25, 0.3) is 5.56 Å². The molecule has 0 bridgehead atoms. The molecule has 0 amide bonds. The van der Waals surface area contributed by atoms with Crippen molar-refractivity contribution >= 4 is 0 Å². The van der Waals surface area contributed by atoms with Crippen LogP contribution in [-0.2, 0) is 19.5 Å². The van der Waals surface area contributed by atoms with Crippen LogP contribution in [0.15, 0.2) is 10.9 Å². The largest absolute Gasteiger partial charge is 0.326 e. The van der Waals surface area contributed by atoms with E-state index in [0.717, 1.165) is 25.2 Å². The van der Waals surface area contributed by atoms with E-state index in [-0.39, 0.29) is 5.56 Å². The van der Waals surface area contributed by atoms with Gasteiger partial charge in [-0.15, -0.1) is 0 Å². The third-order valence-electron chi connectivity index (χ3n) is 2.38. The Kier molecular flexibility index (Phi) is 2.16. The van der Waals surface area contributed by atoms with Gasteiger partial charge < -0.3 is 16.0 Å². The van der Waals surface area contributed by atoms with Gasteiger partial charge in [-0.05, 0) is 11.6 Å². The SMILES string of the molecule is NCc1cc2c([nH]c1=O)CCNC2. The van der Waals surface area contributed by atoms with Crippen molar-refractivity contribution < 1.29 is 0 Å².